The molecule has 5 nitrogen and oxygen atoms in total. The Morgan fingerprint density at radius 2 is 2.04 bits per heavy atom. The monoisotopic (exact) mass is 391 g/mol. The first-order valence-corrected chi connectivity index (χ1v) is 9.05. The molecule has 134 valence electrons. The highest BCUT2D eigenvalue weighted by atomic mass is 35.5. The van der Waals surface area contributed by atoms with E-state index in [1.807, 2.05) is 6.07 Å². The zero-order valence-corrected chi connectivity index (χ0v) is 15.4. The molecule has 1 amide bonds. The summed E-state index contributed by atoms with van der Waals surface area (Å²) in [6, 6.07) is 13.1. The lowest BCUT2D eigenvalue weighted by Crippen LogP contribution is -2.30. The molecule has 2 aromatic carbocycles. The minimum absolute atomic E-state index is 0.179. The van der Waals surface area contributed by atoms with Gasteiger partial charge >= 0.3 is 0 Å². The molecule has 3 aromatic rings. The summed E-state index contributed by atoms with van der Waals surface area (Å²) >= 11 is 7.12. The molecular formula is C18H15ClFN3O2S. The smallest absolute Gasteiger partial charge is 0.277 e. The van der Waals surface area contributed by atoms with Crippen molar-refractivity contribution in [1.29, 1.82) is 0 Å². The summed E-state index contributed by atoms with van der Waals surface area (Å²) < 4.78 is 18.5. The van der Waals surface area contributed by atoms with Gasteiger partial charge in [0.25, 0.3) is 5.22 Å². The number of benzene rings is 2. The molecule has 0 aliphatic heterocycles. The first-order chi connectivity index (χ1) is 12.5. The molecule has 0 aliphatic rings. The van der Waals surface area contributed by atoms with Crippen molar-refractivity contribution in [2.24, 2.45) is 0 Å². The van der Waals surface area contributed by atoms with Gasteiger partial charge in [0.1, 0.15) is 5.82 Å². The van der Waals surface area contributed by atoms with E-state index >= 15 is 0 Å². The summed E-state index contributed by atoms with van der Waals surface area (Å²) in [7, 11) is 0. The van der Waals surface area contributed by atoms with Gasteiger partial charge in [0.05, 0.1) is 5.25 Å². The van der Waals surface area contributed by atoms with E-state index in [1.54, 1.807) is 37.3 Å². The van der Waals surface area contributed by atoms with Gasteiger partial charge in [0.2, 0.25) is 11.8 Å². The van der Waals surface area contributed by atoms with E-state index < -0.39 is 5.25 Å². The number of nitrogens with one attached hydrogen (secondary N) is 1. The molecule has 3 rings (SSSR count). The molecule has 1 atom stereocenters. The lowest BCUT2D eigenvalue weighted by molar-refractivity contribution is -0.120. The maximum atomic E-state index is 12.9. The molecule has 0 fully saturated rings. The second-order valence-corrected chi connectivity index (χ2v) is 7.22. The average molecular weight is 392 g/mol. The van der Waals surface area contributed by atoms with Crippen LogP contribution in [0.4, 0.5) is 4.39 Å². The second kappa shape index (κ2) is 8.33. The lowest BCUT2D eigenvalue weighted by Gasteiger charge is -2.09. The molecule has 0 radical (unpaired) electrons. The van der Waals surface area contributed by atoms with Crippen LogP contribution in [0, 0.1) is 5.82 Å². The maximum absolute atomic E-state index is 12.9. The Hall–Kier alpha value is -2.38. The number of carbonyl (C=O) groups excluding carboxylic acids is 1. The van der Waals surface area contributed by atoms with Crippen LogP contribution < -0.4 is 5.32 Å². The number of halogens is 2. The van der Waals surface area contributed by atoms with Crippen LogP contribution >= 0.6 is 23.4 Å². The summed E-state index contributed by atoms with van der Waals surface area (Å²) in [6.45, 7) is 2.07. The van der Waals surface area contributed by atoms with Gasteiger partial charge in [-0.25, -0.2) is 4.39 Å². The molecule has 1 heterocycles. The van der Waals surface area contributed by atoms with E-state index in [-0.39, 0.29) is 11.7 Å². The van der Waals surface area contributed by atoms with Crippen LogP contribution in [0.3, 0.4) is 0 Å². The van der Waals surface area contributed by atoms with Crippen molar-refractivity contribution in [3.63, 3.8) is 0 Å². The van der Waals surface area contributed by atoms with Gasteiger partial charge in [-0.1, -0.05) is 41.6 Å². The zero-order valence-electron chi connectivity index (χ0n) is 13.8. The Balaban J connectivity index is 1.56. The molecule has 1 N–H and O–H groups in total. The number of hydrogen-bond acceptors (Lipinski definition) is 5. The Labute approximate surface area is 159 Å². The fraction of sp³-hybridized carbons (Fsp3) is 0.167. The highest BCUT2D eigenvalue weighted by Crippen LogP contribution is 2.27. The van der Waals surface area contributed by atoms with Gasteiger partial charge in [-0.2, -0.15) is 0 Å². The van der Waals surface area contributed by atoms with Crippen LogP contribution in [-0.2, 0) is 11.3 Å². The molecule has 0 spiro atoms. The van der Waals surface area contributed by atoms with Crippen LogP contribution in [-0.4, -0.2) is 21.4 Å². The fourth-order valence-corrected chi connectivity index (χ4v) is 3.03. The van der Waals surface area contributed by atoms with Crippen molar-refractivity contribution in [3.05, 3.63) is 64.9 Å². The SMILES string of the molecule is C[C@H](Sc1nnc(-c2cccc(Cl)c2)o1)C(=O)NCc1ccc(F)cc1. The molecule has 1 aromatic heterocycles. The number of carbonyl (C=O) groups is 1. The summed E-state index contributed by atoms with van der Waals surface area (Å²) in [5.74, 6) is -0.147. The highest BCUT2D eigenvalue weighted by Gasteiger charge is 2.18. The second-order valence-electron chi connectivity index (χ2n) is 5.49. The molecule has 8 heteroatoms. The first kappa shape index (κ1) is 18.4. The average Bonchev–Trinajstić information content (AvgIpc) is 3.09. The van der Waals surface area contributed by atoms with Crippen molar-refractivity contribution in [1.82, 2.24) is 15.5 Å². The third kappa shape index (κ3) is 4.83. The summed E-state index contributed by atoms with van der Waals surface area (Å²) in [5.41, 5.74) is 1.53. The third-order valence-electron chi connectivity index (χ3n) is 3.50. The number of aromatic nitrogens is 2. The van der Waals surface area contributed by atoms with Crippen LogP contribution in [0.2, 0.25) is 5.02 Å². The van der Waals surface area contributed by atoms with Gasteiger partial charge in [-0.15, -0.1) is 10.2 Å². The Morgan fingerprint density at radius 3 is 2.77 bits per heavy atom. The molecule has 0 saturated heterocycles. The highest BCUT2D eigenvalue weighted by molar-refractivity contribution is 8.00. The number of thioether (sulfide) groups is 1. The van der Waals surface area contributed by atoms with Gasteiger partial charge < -0.3 is 9.73 Å². The molecule has 0 aliphatic carbocycles. The largest absolute Gasteiger partial charge is 0.411 e. The van der Waals surface area contributed by atoms with Crippen LogP contribution in [0.5, 0.6) is 0 Å². The Bertz CT molecular complexity index is 901. The van der Waals surface area contributed by atoms with Crippen LogP contribution in [0.1, 0.15) is 12.5 Å². The van der Waals surface area contributed by atoms with Crippen LogP contribution in [0.15, 0.2) is 58.2 Å². The number of nitrogens with zero attached hydrogens (tertiary/aromatic N) is 2. The number of hydrogen-bond donors (Lipinski definition) is 1. The summed E-state index contributed by atoms with van der Waals surface area (Å²) in [6.07, 6.45) is 0. The topological polar surface area (TPSA) is 68.0 Å². The zero-order chi connectivity index (χ0) is 18.5. The van der Waals surface area contributed by atoms with E-state index in [0.717, 1.165) is 17.3 Å². The van der Waals surface area contributed by atoms with E-state index in [0.29, 0.717) is 28.2 Å². The first-order valence-electron chi connectivity index (χ1n) is 7.79. The van der Waals surface area contributed by atoms with E-state index in [9.17, 15) is 9.18 Å². The lowest BCUT2D eigenvalue weighted by atomic mass is 10.2. The number of rotatable bonds is 6. The van der Waals surface area contributed by atoms with E-state index in [2.05, 4.69) is 15.5 Å². The quantitative estimate of drug-likeness (QED) is 0.633. The minimum Gasteiger partial charge on any atom is -0.411 e. The van der Waals surface area contributed by atoms with Gasteiger partial charge in [0.15, 0.2) is 0 Å². The van der Waals surface area contributed by atoms with Gasteiger partial charge in [0, 0.05) is 17.1 Å². The molecular weight excluding hydrogens is 377 g/mol. The van der Waals surface area contributed by atoms with Crippen LogP contribution in [0.25, 0.3) is 11.5 Å². The number of amides is 1. The summed E-state index contributed by atoms with van der Waals surface area (Å²) in [4.78, 5) is 12.2. The molecule has 0 bridgehead atoms. The fourth-order valence-electron chi connectivity index (χ4n) is 2.14. The van der Waals surface area contributed by atoms with Crippen molar-refractivity contribution in [3.8, 4) is 11.5 Å². The molecule has 26 heavy (non-hydrogen) atoms. The van der Waals surface area contributed by atoms with Gasteiger partial charge in [-0.3, -0.25) is 4.79 Å². The molecule has 0 saturated carbocycles. The minimum atomic E-state index is -0.428. The standard InChI is InChI=1S/C18H15ClFN3O2S/c1-11(16(24)21-10-12-5-7-15(20)8-6-12)26-18-23-22-17(25-18)13-3-2-4-14(19)9-13/h2-9,11H,10H2,1H3,(H,21,24)/t11-/m0/s1. The van der Waals surface area contributed by atoms with Crippen molar-refractivity contribution in [2.75, 3.05) is 0 Å². The normalized spacial score (nSPS) is 12.0. The van der Waals surface area contributed by atoms with Crippen molar-refractivity contribution < 1.29 is 13.6 Å². The van der Waals surface area contributed by atoms with Crippen molar-refractivity contribution in [2.45, 2.75) is 23.9 Å². The van der Waals surface area contributed by atoms with E-state index in [4.69, 9.17) is 16.0 Å². The Morgan fingerprint density at radius 1 is 1.27 bits per heavy atom. The third-order valence-corrected chi connectivity index (χ3v) is 4.67. The molecule has 0 unspecified atom stereocenters. The Kier molecular flexibility index (Phi) is 5.90. The van der Waals surface area contributed by atoms with E-state index in [1.165, 1.54) is 12.1 Å². The maximum Gasteiger partial charge on any atom is 0.277 e. The van der Waals surface area contributed by atoms with Crippen molar-refractivity contribution >= 4 is 29.3 Å². The summed E-state index contributed by atoms with van der Waals surface area (Å²) in [5, 5.41) is 11.2. The predicted octanol–water partition coefficient (Wildman–Crippen LogP) is 4.33. The van der Waals surface area contributed by atoms with Gasteiger partial charge in [-0.05, 0) is 42.8 Å². The predicted molar refractivity (Wildman–Crippen MR) is 98.3 cm³/mol.